The van der Waals surface area contributed by atoms with Crippen LogP contribution in [0.3, 0.4) is 0 Å². The summed E-state index contributed by atoms with van der Waals surface area (Å²) < 4.78 is 117. The molecule has 2 unspecified atom stereocenters. The topological polar surface area (TPSA) is 114 Å². The number of halogens is 6. The van der Waals surface area contributed by atoms with Gasteiger partial charge in [0, 0.05) is 12.6 Å². The molecule has 0 saturated carbocycles. The minimum absolute atomic E-state index is 0.0174. The molecule has 214 valence electrons. The van der Waals surface area contributed by atoms with Crippen LogP contribution in [-0.4, -0.2) is 57.8 Å². The number of benzene rings is 2. The number of nitrogens with zero attached hydrogens (tertiary/aromatic N) is 1. The smallest absolute Gasteiger partial charge is 0.457 e. The Balaban J connectivity index is 1.92. The first-order valence-electron chi connectivity index (χ1n) is 11.3. The fourth-order valence-corrected chi connectivity index (χ4v) is 5.09. The summed E-state index contributed by atoms with van der Waals surface area (Å²) >= 11 is 0. The van der Waals surface area contributed by atoms with Gasteiger partial charge in [0.2, 0.25) is 5.91 Å². The molecule has 9 nitrogen and oxygen atoms in total. The molecule has 2 aromatic carbocycles. The van der Waals surface area contributed by atoms with E-state index in [-0.39, 0.29) is 35.1 Å². The van der Waals surface area contributed by atoms with E-state index in [0.29, 0.717) is 0 Å². The van der Waals surface area contributed by atoms with E-state index in [1.54, 1.807) is 0 Å². The largest absolute Gasteiger partial charge is 0.484 e. The van der Waals surface area contributed by atoms with Crippen molar-refractivity contribution in [1.82, 2.24) is 5.32 Å². The van der Waals surface area contributed by atoms with E-state index in [1.807, 2.05) is 5.32 Å². The van der Waals surface area contributed by atoms with Gasteiger partial charge in [0.25, 0.3) is 10.0 Å². The molecule has 2 N–H and O–H groups in total. The molecule has 39 heavy (non-hydrogen) atoms. The first-order chi connectivity index (χ1) is 18.1. The maximum atomic E-state index is 13.7. The number of ether oxygens (including phenoxy) is 2. The molecule has 0 aromatic heterocycles. The van der Waals surface area contributed by atoms with Crippen molar-refractivity contribution in [2.45, 2.75) is 49.5 Å². The van der Waals surface area contributed by atoms with Crippen LogP contribution in [0.1, 0.15) is 20.3 Å². The first kappa shape index (κ1) is 29.9. The number of hydrogen-bond acceptors (Lipinski definition) is 6. The normalized spacial score (nSPS) is 16.5. The summed E-state index contributed by atoms with van der Waals surface area (Å²) in [6.07, 6.45) is -12.1. The van der Waals surface area contributed by atoms with Crippen molar-refractivity contribution in [2.24, 2.45) is 0 Å². The van der Waals surface area contributed by atoms with Gasteiger partial charge in [0.15, 0.2) is 6.10 Å². The van der Waals surface area contributed by atoms with E-state index in [9.17, 15) is 44.3 Å². The fraction of sp³-hybridized carbons (Fsp3) is 0.391. The summed E-state index contributed by atoms with van der Waals surface area (Å²) in [4.78, 5) is 23.2. The molecule has 0 aliphatic carbocycles. The van der Waals surface area contributed by atoms with Gasteiger partial charge < -0.3 is 14.8 Å². The van der Waals surface area contributed by atoms with Crippen molar-refractivity contribution in [3.05, 3.63) is 48.3 Å². The second-order valence-corrected chi connectivity index (χ2v) is 10.3. The monoisotopic (exact) mass is 583 g/mol. The molecule has 0 spiro atoms. The van der Waals surface area contributed by atoms with E-state index in [2.05, 4.69) is 10.1 Å². The van der Waals surface area contributed by atoms with Gasteiger partial charge >= 0.3 is 18.2 Å². The van der Waals surface area contributed by atoms with Crippen LogP contribution < -0.4 is 19.7 Å². The van der Waals surface area contributed by atoms with Gasteiger partial charge in [-0.3, -0.25) is 14.4 Å². The molecule has 0 fully saturated rings. The number of anilines is 2. The van der Waals surface area contributed by atoms with Gasteiger partial charge in [-0.15, -0.1) is 0 Å². The van der Waals surface area contributed by atoms with E-state index >= 15 is 0 Å². The molecule has 0 radical (unpaired) electrons. The van der Waals surface area contributed by atoms with Gasteiger partial charge in [-0.2, -0.15) is 22.0 Å². The lowest BCUT2D eigenvalue weighted by molar-refractivity contribution is -0.311. The molecule has 2 atom stereocenters. The standard InChI is InChI=1S/C23H23F6N3O6S/c1-3-20(22(25,26)23(27,28)29)38-21(34)31-15-6-9-19-18(10-15)32(12-16(37-19)11-30-13(2)33)39(35,36)17-7-4-14(24)5-8-17/h4-10,16,20H,3,11-12H2,1-2H3,(H,30,33)(H,31,34). The summed E-state index contributed by atoms with van der Waals surface area (Å²) in [6.45, 7) is 1.80. The van der Waals surface area contributed by atoms with Crippen LogP contribution in [-0.2, 0) is 19.6 Å². The molecule has 0 bridgehead atoms. The van der Waals surface area contributed by atoms with Crippen molar-refractivity contribution >= 4 is 33.4 Å². The van der Waals surface area contributed by atoms with Gasteiger partial charge in [-0.25, -0.2) is 17.6 Å². The van der Waals surface area contributed by atoms with Crippen molar-refractivity contribution in [1.29, 1.82) is 0 Å². The Morgan fingerprint density at radius 3 is 2.33 bits per heavy atom. The summed E-state index contributed by atoms with van der Waals surface area (Å²) in [7, 11) is -4.36. The third-order valence-electron chi connectivity index (χ3n) is 5.52. The second kappa shape index (κ2) is 11.2. The van der Waals surface area contributed by atoms with Crippen LogP contribution in [0.15, 0.2) is 47.4 Å². The highest BCUT2D eigenvalue weighted by atomic mass is 32.2. The predicted octanol–water partition coefficient (Wildman–Crippen LogP) is 4.44. The predicted molar refractivity (Wildman–Crippen MR) is 126 cm³/mol. The number of alkyl halides is 5. The lowest BCUT2D eigenvalue weighted by atomic mass is 10.1. The van der Waals surface area contributed by atoms with E-state index in [1.165, 1.54) is 19.1 Å². The zero-order chi connectivity index (χ0) is 29.2. The van der Waals surface area contributed by atoms with E-state index in [4.69, 9.17) is 4.74 Å². The number of fused-ring (bicyclic) bond motifs is 1. The highest BCUT2D eigenvalue weighted by molar-refractivity contribution is 7.92. The Kier molecular flexibility index (Phi) is 8.57. The number of carbonyl (C=O) groups excluding carboxylic acids is 2. The Bertz CT molecular complexity index is 1320. The summed E-state index contributed by atoms with van der Waals surface area (Å²) in [5.41, 5.74) is -0.351. The number of hydrogen-bond donors (Lipinski definition) is 2. The SMILES string of the molecule is CCC(OC(=O)Nc1ccc2c(c1)N(S(=O)(=O)c1ccc(F)cc1)CC(CNC(C)=O)O2)C(F)(F)C(F)(F)F. The Hall–Kier alpha value is -3.69. The van der Waals surface area contributed by atoms with Crippen LogP contribution in [0.4, 0.5) is 42.5 Å². The summed E-state index contributed by atoms with van der Waals surface area (Å²) in [6, 6.07) is 7.37. The first-order valence-corrected chi connectivity index (χ1v) is 12.8. The third-order valence-corrected chi connectivity index (χ3v) is 7.31. The maximum Gasteiger partial charge on any atom is 0.457 e. The highest BCUT2D eigenvalue weighted by Gasteiger charge is 2.63. The molecule has 2 amide bonds. The molecule has 0 saturated heterocycles. The number of amides is 2. The fourth-order valence-electron chi connectivity index (χ4n) is 3.59. The second-order valence-electron chi connectivity index (χ2n) is 8.40. The number of sulfonamides is 1. The van der Waals surface area contributed by atoms with Crippen molar-refractivity contribution in [3.63, 3.8) is 0 Å². The average molecular weight is 584 g/mol. The minimum Gasteiger partial charge on any atom is -0.484 e. The Labute approximate surface area is 219 Å². The quantitative estimate of drug-likeness (QED) is 0.445. The van der Waals surface area contributed by atoms with Crippen molar-refractivity contribution < 1.29 is 53.8 Å². The number of rotatable bonds is 8. The zero-order valence-electron chi connectivity index (χ0n) is 20.4. The van der Waals surface area contributed by atoms with Crippen LogP contribution in [0.25, 0.3) is 0 Å². The molecule has 1 heterocycles. The summed E-state index contributed by atoms with van der Waals surface area (Å²) in [5.74, 6) is -6.43. The number of carbonyl (C=O) groups is 2. The lowest BCUT2D eigenvalue weighted by Crippen LogP contribution is -2.49. The molecular formula is C23H23F6N3O6S. The van der Waals surface area contributed by atoms with Crippen molar-refractivity contribution in [2.75, 3.05) is 22.7 Å². The molecule has 3 rings (SSSR count). The van der Waals surface area contributed by atoms with Gasteiger partial charge in [-0.05, 0) is 48.9 Å². The molecule has 1 aliphatic heterocycles. The Morgan fingerprint density at radius 2 is 1.77 bits per heavy atom. The average Bonchev–Trinajstić information content (AvgIpc) is 2.85. The van der Waals surface area contributed by atoms with E-state index in [0.717, 1.165) is 41.6 Å². The molecular weight excluding hydrogens is 560 g/mol. The maximum absolute atomic E-state index is 13.7. The summed E-state index contributed by atoms with van der Waals surface area (Å²) in [5, 5.41) is 4.50. The van der Waals surface area contributed by atoms with Crippen LogP contribution >= 0.6 is 0 Å². The minimum atomic E-state index is -5.96. The molecule has 2 aromatic rings. The van der Waals surface area contributed by atoms with E-state index < -0.39 is 58.6 Å². The molecule has 16 heteroatoms. The van der Waals surface area contributed by atoms with Gasteiger partial charge in [0.1, 0.15) is 17.7 Å². The highest BCUT2D eigenvalue weighted by Crippen LogP contribution is 2.41. The number of nitrogens with one attached hydrogen (secondary N) is 2. The van der Waals surface area contributed by atoms with Crippen LogP contribution in [0, 0.1) is 5.82 Å². The van der Waals surface area contributed by atoms with Gasteiger partial charge in [-0.1, -0.05) is 6.92 Å². The van der Waals surface area contributed by atoms with Crippen LogP contribution in [0.5, 0.6) is 5.75 Å². The third kappa shape index (κ3) is 6.66. The zero-order valence-corrected chi connectivity index (χ0v) is 21.2. The lowest BCUT2D eigenvalue weighted by Gasteiger charge is -2.35. The van der Waals surface area contributed by atoms with Gasteiger partial charge in [0.05, 0.1) is 23.7 Å². The molecule has 1 aliphatic rings. The van der Waals surface area contributed by atoms with Crippen LogP contribution in [0.2, 0.25) is 0 Å². The van der Waals surface area contributed by atoms with Crippen molar-refractivity contribution in [3.8, 4) is 5.75 Å². The Morgan fingerprint density at radius 1 is 1.13 bits per heavy atom.